The Kier molecular flexibility index (Phi) is 5.62. The van der Waals surface area contributed by atoms with Crippen LogP contribution in [0.25, 0.3) is 0 Å². The topological polar surface area (TPSA) is 64.3 Å². The number of rotatable bonds is 5. The Bertz CT molecular complexity index is 468. The largest absolute Gasteiger partial charge is 0.496 e. The summed E-state index contributed by atoms with van der Waals surface area (Å²) in [5.41, 5.74) is 6.97. The first-order chi connectivity index (χ1) is 10.1. The zero-order valence-electron chi connectivity index (χ0n) is 13.0. The summed E-state index contributed by atoms with van der Waals surface area (Å²) >= 11 is 0. The van der Waals surface area contributed by atoms with Gasteiger partial charge in [0.15, 0.2) is 0 Å². The number of nitrogens with one attached hydrogen (secondary N) is 1. The predicted octanol–water partition coefficient (Wildman–Crippen LogP) is 2.57. The Balaban J connectivity index is 1.87. The van der Waals surface area contributed by atoms with Crippen molar-refractivity contribution in [3.63, 3.8) is 0 Å². The molecule has 0 bridgehead atoms. The van der Waals surface area contributed by atoms with E-state index < -0.39 is 0 Å². The van der Waals surface area contributed by atoms with Gasteiger partial charge in [-0.3, -0.25) is 4.79 Å². The van der Waals surface area contributed by atoms with Gasteiger partial charge >= 0.3 is 0 Å². The first-order valence-corrected chi connectivity index (χ1v) is 7.78. The molecule has 0 radical (unpaired) electrons. The highest BCUT2D eigenvalue weighted by atomic mass is 16.5. The maximum atomic E-state index is 12.2. The van der Waals surface area contributed by atoms with Crippen molar-refractivity contribution in [2.45, 2.75) is 57.0 Å². The molecular formula is C17H26N2O2. The third-order valence-electron chi connectivity index (χ3n) is 4.30. The predicted molar refractivity (Wildman–Crippen MR) is 84.4 cm³/mol. The smallest absolute Gasteiger partial charge is 0.220 e. The molecule has 1 aromatic carbocycles. The van der Waals surface area contributed by atoms with Crippen LogP contribution in [-0.2, 0) is 4.79 Å². The number of amides is 1. The highest BCUT2D eigenvalue weighted by Crippen LogP contribution is 2.28. The van der Waals surface area contributed by atoms with Gasteiger partial charge in [-0.15, -0.1) is 0 Å². The highest BCUT2D eigenvalue weighted by molar-refractivity contribution is 5.77. The SMILES string of the molecule is COc1ccccc1C(C)CC(=O)NC1CCC(N)CC1. The van der Waals surface area contributed by atoms with Crippen molar-refractivity contribution >= 4 is 5.91 Å². The molecule has 3 N–H and O–H groups in total. The number of carbonyl (C=O) groups is 1. The summed E-state index contributed by atoms with van der Waals surface area (Å²) < 4.78 is 5.36. The van der Waals surface area contributed by atoms with E-state index >= 15 is 0 Å². The van der Waals surface area contributed by atoms with E-state index in [9.17, 15) is 4.79 Å². The minimum Gasteiger partial charge on any atom is -0.496 e. The second-order valence-electron chi connectivity index (χ2n) is 6.03. The van der Waals surface area contributed by atoms with E-state index in [1.54, 1.807) is 7.11 Å². The van der Waals surface area contributed by atoms with Crippen LogP contribution < -0.4 is 15.8 Å². The lowest BCUT2D eigenvalue weighted by Gasteiger charge is -2.27. The fraction of sp³-hybridized carbons (Fsp3) is 0.588. The lowest BCUT2D eigenvalue weighted by molar-refractivity contribution is -0.122. The third-order valence-corrected chi connectivity index (χ3v) is 4.30. The molecule has 1 fully saturated rings. The summed E-state index contributed by atoms with van der Waals surface area (Å²) in [6, 6.07) is 8.49. The molecule has 0 saturated heterocycles. The molecule has 1 atom stereocenters. The van der Waals surface area contributed by atoms with Crippen molar-refractivity contribution < 1.29 is 9.53 Å². The van der Waals surface area contributed by atoms with Gasteiger partial charge in [-0.25, -0.2) is 0 Å². The molecule has 1 aliphatic rings. The molecule has 4 nitrogen and oxygen atoms in total. The monoisotopic (exact) mass is 290 g/mol. The molecule has 0 spiro atoms. The van der Waals surface area contributed by atoms with E-state index in [2.05, 4.69) is 12.2 Å². The highest BCUT2D eigenvalue weighted by Gasteiger charge is 2.21. The van der Waals surface area contributed by atoms with E-state index in [4.69, 9.17) is 10.5 Å². The van der Waals surface area contributed by atoms with Crippen LogP contribution in [0.4, 0.5) is 0 Å². The van der Waals surface area contributed by atoms with Gasteiger partial charge in [0.25, 0.3) is 0 Å². The van der Waals surface area contributed by atoms with Gasteiger partial charge in [0.1, 0.15) is 5.75 Å². The van der Waals surface area contributed by atoms with E-state index in [1.807, 2.05) is 24.3 Å². The molecule has 1 aromatic rings. The van der Waals surface area contributed by atoms with Gasteiger partial charge in [-0.2, -0.15) is 0 Å². The minimum atomic E-state index is 0.119. The van der Waals surface area contributed by atoms with Crippen LogP contribution in [0.5, 0.6) is 5.75 Å². The molecular weight excluding hydrogens is 264 g/mol. The van der Waals surface area contributed by atoms with Crippen molar-refractivity contribution in [3.05, 3.63) is 29.8 Å². The number of hydrogen-bond donors (Lipinski definition) is 2. The van der Waals surface area contributed by atoms with E-state index in [1.165, 1.54) is 0 Å². The number of carbonyl (C=O) groups excluding carboxylic acids is 1. The van der Waals surface area contributed by atoms with Crippen molar-refractivity contribution in [1.82, 2.24) is 5.32 Å². The second-order valence-corrected chi connectivity index (χ2v) is 6.03. The molecule has 0 heterocycles. The fourth-order valence-electron chi connectivity index (χ4n) is 3.01. The summed E-state index contributed by atoms with van der Waals surface area (Å²) in [6.45, 7) is 2.06. The van der Waals surface area contributed by atoms with Gasteiger partial charge < -0.3 is 15.8 Å². The molecule has 1 aliphatic carbocycles. The standard InChI is InChI=1S/C17H26N2O2/c1-12(15-5-3-4-6-16(15)21-2)11-17(20)19-14-9-7-13(18)8-10-14/h3-6,12-14H,7-11,18H2,1-2H3,(H,19,20). The fourth-order valence-corrected chi connectivity index (χ4v) is 3.01. The van der Waals surface area contributed by atoms with Crippen LogP contribution in [0.3, 0.4) is 0 Å². The molecule has 1 unspecified atom stereocenters. The molecule has 0 aliphatic heterocycles. The van der Waals surface area contributed by atoms with Crippen molar-refractivity contribution in [3.8, 4) is 5.75 Å². The first kappa shape index (κ1) is 15.8. The minimum absolute atomic E-state index is 0.119. The molecule has 0 aromatic heterocycles. The van der Waals surface area contributed by atoms with Crippen LogP contribution in [0, 0.1) is 0 Å². The van der Waals surface area contributed by atoms with Gasteiger partial charge in [0, 0.05) is 18.5 Å². The second kappa shape index (κ2) is 7.46. The number of para-hydroxylation sites is 1. The molecule has 4 heteroatoms. The molecule has 2 rings (SSSR count). The lowest BCUT2D eigenvalue weighted by atomic mass is 9.91. The van der Waals surface area contributed by atoms with Crippen LogP contribution in [0.15, 0.2) is 24.3 Å². The van der Waals surface area contributed by atoms with E-state index in [0.717, 1.165) is 37.0 Å². The Morgan fingerprint density at radius 1 is 1.33 bits per heavy atom. The summed E-state index contributed by atoms with van der Waals surface area (Å²) in [5, 5.41) is 3.14. The average molecular weight is 290 g/mol. The number of benzene rings is 1. The zero-order valence-corrected chi connectivity index (χ0v) is 13.0. The Morgan fingerprint density at radius 3 is 2.67 bits per heavy atom. The Morgan fingerprint density at radius 2 is 2.00 bits per heavy atom. The number of hydrogen-bond acceptors (Lipinski definition) is 3. The summed E-state index contributed by atoms with van der Waals surface area (Å²) in [6.07, 6.45) is 4.49. The number of methoxy groups -OCH3 is 1. The quantitative estimate of drug-likeness (QED) is 0.876. The number of nitrogens with two attached hydrogens (primary N) is 1. The van der Waals surface area contributed by atoms with Gasteiger partial charge in [0.2, 0.25) is 5.91 Å². The van der Waals surface area contributed by atoms with Crippen molar-refractivity contribution in [1.29, 1.82) is 0 Å². The Labute approximate surface area is 127 Å². The van der Waals surface area contributed by atoms with Gasteiger partial charge in [-0.1, -0.05) is 25.1 Å². The average Bonchev–Trinajstić information content (AvgIpc) is 2.49. The molecule has 1 amide bonds. The Hall–Kier alpha value is -1.55. The number of ether oxygens (including phenoxy) is 1. The van der Waals surface area contributed by atoms with Crippen molar-refractivity contribution in [2.75, 3.05) is 7.11 Å². The molecule has 21 heavy (non-hydrogen) atoms. The van der Waals surface area contributed by atoms with Crippen molar-refractivity contribution in [2.24, 2.45) is 5.73 Å². The first-order valence-electron chi connectivity index (χ1n) is 7.78. The van der Waals surface area contributed by atoms with E-state index in [0.29, 0.717) is 18.5 Å². The van der Waals surface area contributed by atoms with Crippen LogP contribution in [0.1, 0.15) is 50.5 Å². The summed E-state index contributed by atoms with van der Waals surface area (Å²) in [5.74, 6) is 1.11. The maximum Gasteiger partial charge on any atom is 0.220 e. The zero-order chi connectivity index (χ0) is 15.2. The van der Waals surface area contributed by atoms with Gasteiger partial charge in [0.05, 0.1) is 7.11 Å². The maximum absolute atomic E-state index is 12.2. The summed E-state index contributed by atoms with van der Waals surface area (Å²) in [4.78, 5) is 12.2. The van der Waals surface area contributed by atoms with Crippen LogP contribution in [-0.4, -0.2) is 25.1 Å². The van der Waals surface area contributed by atoms with Gasteiger partial charge in [-0.05, 0) is 43.2 Å². The summed E-state index contributed by atoms with van der Waals surface area (Å²) in [7, 11) is 1.66. The third kappa shape index (κ3) is 4.46. The van der Waals surface area contributed by atoms with Crippen LogP contribution in [0.2, 0.25) is 0 Å². The lowest BCUT2D eigenvalue weighted by Crippen LogP contribution is -2.40. The molecule has 1 saturated carbocycles. The van der Waals surface area contributed by atoms with E-state index in [-0.39, 0.29) is 11.8 Å². The normalized spacial score (nSPS) is 23.4. The molecule has 116 valence electrons. The van der Waals surface area contributed by atoms with Crippen LogP contribution >= 0.6 is 0 Å².